The zero-order valence-electron chi connectivity index (χ0n) is 16.9. The van der Waals surface area contributed by atoms with Crippen LogP contribution in [0.25, 0.3) is 10.8 Å². The van der Waals surface area contributed by atoms with Crippen molar-refractivity contribution in [3.63, 3.8) is 0 Å². The van der Waals surface area contributed by atoms with Gasteiger partial charge in [0.15, 0.2) is 0 Å². The molecule has 158 valence electrons. The fourth-order valence-electron chi connectivity index (χ4n) is 3.55. The SMILES string of the molecule is OC(CNCc1c(OCc2ccc(Cl)c(Cl)c2)ccc2ccccc12)c1ccccc1. The first-order valence-corrected chi connectivity index (χ1v) is 10.9. The lowest BCUT2D eigenvalue weighted by Gasteiger charge is -2.17. The van der Waals surface area contributed by atoms with Crippen LogP contribution < -0.4 is 10.1 Å². The van der Waals surface area contributed by atoms with Crippen LogP contribution in [0.1, 0.15) is 22.8 Å². The number of nitrogens with one attached hydrogen (secondary N) is 1. The summed E-state index contributed by atoms with van der Waals surface area (Å²) in [6.45, 7) is 1.40. The van der Waals surface area contributed by atoms with Crippen molar-refractivity contribution in [2.75, 3.05) is 6.54 Å². The molecule has 0 fully saturated rings. The molecule has 5 heteroatoms. The molecule has 0 spiro atoms. The van der Waals surface area contributed by atoms with Crippen LogP contribution in [0.3, 0.4) is 0 Å². The summed E-state index contributed by atoms with van der Waals surface area (Å²) < 4.78 is 6.16. The second-order valence-electron chi connectivity index (χ2n) is 7.36. The van der Waals surface area contributed by atoms with Gasteiger partial charge in [-0.3, -0.25) is 0 Å². The lowest BCUT2D eigenvalue weighted by atomic mass is 10.0. The summed E-state index contributed by atoms with van der Waals surface area (Å²) in [5.41, 5.74) is 2.89. The molecule has 3 nitrogen and oxygen atoms in total. The Kier molecular flexibility index (Phi) is 7.10. The lowest BCUT2D eigenvalue weighted by molar-refractivity contribution is 0.174. The molecular weight excluding hydrogens is 429 g/mol. The number of ether oxygens (including phenoxy) is 1. The third kappa shape index (κ3) is 5.38. The van der Waals surface area contributed by atoms with Crippen molar-refractivity contribution in [1.29, 1.82) is 0 Å². The van der Waals surface area contributed by atoms with Gasteiger partial charge in [0.05, 0.1) is 16.1 Å². The van der Waals surface area contributed by atoms with Gasteiger partial charge < -0.3 is 15.2 Å². The van der Waals surface area contributed by atoms with Gasteiger partial charge in [-0.25, -0.2) is 0 Å². The van der Waals surface area contributed by atoms with Crippen molar-refractivity contribution >= 4 is 34.0 Å². The van der Waals surface area contributed by atoms with Crippen molar-refractivity contribution in [2.45, 2.75) is 19.3 Å². The molecule has 0 aromatic heterocycles. The second-order valence-corrected chi connectivity index (χ2v) is 8.17. The van der Waals surface area contributed by atoms with Crippen LogP contribution in [-0.4, -0.2) is 11.7 Å². The molecule has 0 heterocycles. The molecule has 0 bridgehead atoms. The Hall–Kier alpha value is -2.56. The molecule has 4 rings (SSSR count). The molecule has 1 unspecified atom stereocenters. The molecule has 0 saturated carbocycles. The van der Waals surface area contributed by atoms with Gasteiger partial charge >= 0.3 is 0 Å². The molecule has 1 atom stereocenters. The molecule has 0 saturated heterocycles. The van der Waals surface area contributed by atoms with Crippen LogP contribution in [0, 0.1) is 0 Å². The molecule has 0 amide bonds. The van der Waals surface area contributed by atoms with Crippen LogP contribution in [-0.2, 0) is 13.2 Å². The Morgan fingerprint density at radius 2 is 1.61 bits per heavy atom. The highest BCUT2D eigenvalue weighted by atomic mass is 35.5. The van der Waals surface area contributed by atoms with E-state index in [4.69, 9.17) is 27.9 Å². The summed E-state index contributed by atoms with van der Waals surface area (Å²) >= 11 is 12.1. The van der Waals surface area contributed by atoms with Crippen molar-refractivity contribution in [2.24, 2.45) is 0 Å². The topological polar surface area (TPSA) is 41.5 Å². The number of benzene rings is 4. The fraction of sp³-hybridized carbons (Fsp3) is 0.154. The van der Waals surface area contributed by atoms with Crippen LogP contribution >= 0.6 is 23.2 Å². The molecule has 31 heavy (non-hydrogen) atoms. The lowest BCUT2D eigenvalue weighted by Crippen LogP contribution is -2.21. The fourth-order valence-corrected chi connectivity index (χ4v) is 3.87. The third-order valence-corrected chi connectivity index (χ3v) is 5.94. The summed E-state index contributed by atoms with van der Waals surface area (Å²) in [4.78, 5) is 0. The Morgan fingerprint density at radius 3 is 2.42 bits per heavy atom. The van der Waals surface area contributed by atoms with E-state index in [1.54, 1.807) is 6.07 Å². The number of aliphatic hydroxyl groups excluding tert-OH is 1. The van der Waals surface area contributed by atoms with Gasteiger partial charge in [-0.1, -0.05) is 89.9 Å². The van der Waals surface area contributed by atoms with Crippen LogP contribution in [0.2, 0.25) is 10.0 Å². The molecule has 0 radical (unpaired) electrons. The first kappa shape index (κ1) is 21.7. The highest BCUT2D eigenvalue weighted by molar-refractivity contribution is 6.42. The van der Waals surface area contributed by atoms with E-state index in [1.807, 2.05) is 60.7 Å². The molecule has 0 aliphatic rings. The Morgan fingerprint density at radius 1 is 0.839 bits per heavy atom. The van der Waals surface area contributed by atoms with Crippen molar-refractivity contribution < 1.29 is 9.84 Å². The van der Waals surface area contributed by atoms with E-state index in [9.17, 15) is 5.11 Å². The minimum atomic E-state index is -0.572. The molecule has 4 aromatic carbocycles. The van der Waals surface area contributed by atoms with Crippen molar-refractivity contribution in [3.8, 4) is 5.75 Å². The largest absolute Gasteiger partial charge is 0.489 e. The molecule has 0 aliphatic heterocycles. The molecule has 4 aromatic rings. The summed E-state index contributed by atoms with van der Waals surface area (Å²) in [6, 6.07) is 27.4. The first-order chi connectivity index (χ1) is 15.1. The van der Waals surface area contributed by atoms with Crippen molar-refractivity contribution in [3.05, 3.63) is 112 Å². The van der Waals surface area contributed by atoms with Gasteiger partial charge in [0.2, 0.25) is 0 Å². The monoisotopic (exact) mass is 451 g/mol. The number of hydrogen-bond donors (Lipinski definition) is 2. The van der Waals surface area contributed by atoms with Crippen LogP contribution in [0.5, 0.6) is 5.75 Å². The van der Waals surface area contributed by atoms with Gasteiger partial charge in [-0.15, -0.1) is 0 Å². The maximum absolute atomic E-state index is 10.5. The Labute approximate surface area is 192 Å². The third-order valence-electron chi connectivity index (χ3n) is 5.20. The zero-order valence-corrected chi connectivity index (χ0v) is 18.4. The number of halogens is 2. The molecule has 0 aliphatic carbocycles. The van der Waals surface area contributed by atoms with Gasteiger partial charge in [0.25, 0.3) is 0 Å². The number of hydrogen-bond acceptors (Lipinski definition) is 3. The quantitative estimate of drug-likeness (QED) is 0.319. The van der Waals surface area contributed by atoms with E-state index >= 15 is 0 Å². The predicted octanol–water partition coefficient (Wildman–Crippen LogP) is 6.55. The highest BCUT2D eigenvalue weighted by Crippen LogP contribution is 2.30. The number of aliphatic hydroxyl groups is 1. The van der Waals surface area contributed by atoms with E-state index in [-0.39, 0.29) is 0 Å². The molecular formula is C26H23Cl2NO2. The minimum absolute atomic E-state index is 0.384. The van der Waals surface area contributed by atoms with E-state index in [0.717, 1.165) is 33.2 Å². The maximum atomic E-state index is 10.5. The number of rotatable bonds is 8. The number of fused-ring (bicyclic) bond motifs is 1. The first-order valence-electron chi connectivity index (χ1n) is 10.1. The minimum Gasteiger partial charge on any atom is -0.489 e. The molecule has 2 N–H and O–H groups in total. The Bertz CT molecular complexity index is 1160. The average Bonchev–Trinajstić information content (AvgIpc) is 2.81. The van der Waals surface area contributed by atoms with Gasteiger partial charge in [-0.2, -0.15) is 0 Å². The standard InChI is InChI=1S/C26H23Cl2NO2/c27-23-12-10-18(14-24(23)28)17-31-26-13-11-19-6-4-5-9-21(19)22(26)15-29-16-25(30)20-7-2-1-3-8-20/h1-14,25,29-30H,15-17H2. The normalized spacial score (nSPS) is 12.1. The second kappa shape index (κ2) is 10.2. The maximum Gasteiger partial charge on any atom is 0.124 e. The highest BCUT2D eigenvalue weighted by Gasteiger charge is 2.12. The zero-order chi connectivity index (χ0) is 21.6. The van der Waals surface area contributed by atoms with Gasteiger partial charge in [-0.05, 0) is 40.1 Å². The van der Waals surface area contributed by atoms with Crippen LogP contribution in [0.15, 0.2) is 84.9 Å². The van der Waals surface area contributed by atoms with Gasteiger partial charge in [0, 0.05) is 18.7 Å². The summed E-state index contributed by atoms with van der Waals surface area (Å²) in [5.74, 6) is 0.798. The summed E-state index contributed by atoms with van der Waals surface area (Å²) in [6.07, 6.45) is -0.572. The Balaban J connectivity index is 1.51. The summed E-state index contributed by atoms with van der Waals surface area (Å²) in [7, 11) is 0. The van der Waals surface area contributed by atoms with Gasteiger partial charge in [0.1, 0.15) is 12.4 Å². The van der Waals surface area contributed by atoms with Crippen molar-refractivity contribution in [1.82, 2.24) is 5.32 Å². The van der Waals surface area contributed by atoms with E-state index in [2.05, 4.69) is 23.5 Å². The van der Waals surface area contributed by atoms with Crippen LogP contribution in [0.4, 0.5) is 0 Å². The van der Waals surface area contributed by atoms with E-state index in [1.165, 1.54) is 0 Å². The smallest absolute Gasteiger partial charge is 0.124 e. The summed E-state index contributed by atoms with van der Waals surface area (Å²) in [5, 5.41) is 17.1. The average molecular weight is 452 g/mol. The van der Waals surface area contributed by atoms with E-state index < -0.39 is 6.10 Å². The predicted molar refractivity (Wildman–Crippen MR) is 128 cm³/mol. The van der Waals surface area contributed by atoms with E-state index in [0.29, 0.717) is 29.7 Å².